The van der Waals surface area contributed by atoms with E-state index in [2.05, 4.69) is 41.1 Å². The maximum absolute atomic E-state index is 11.8. The summed E-state index contributed by atoms with van der Waals surface area (Å²) >= 11 is 0. The molecule has 1 saturated carbocycles. The van der Waals surface area contributed by atoms with Crippen molar-refractivity contribution in [3.05, 3.63) is 51.9 Å². The number of aromatic nitrogens is 2. The van der Waals surface area contributed by atoms with E-state index in [1.807, 2.05) is 12.1 Å². The lowest BCUT2D eigenvalue weighted by Gasteiger charge is -2.24. The molecule has 0 atom stereocenters. The lowest BCUT2D eigenvalue weighted by Crippen LogP contribution is -2.17. The molecule has 1 aliphatic carbocycles. The van der Waals surface area contributed by atoms with Crippen molar-refractivity contribution in [1.29, 1.82) is 0 Å². The predicted molar refractivity (Wildman–Crippen MR) is 84.3 cm³/mol. The van der Waals surface area contributed by atoms with Gasteiger partial charge in [-0.05, 0) is 32.5 Å². The van der Waals surface area contributed by atoms with Crippen LogP contribution in [0.15, 0.2) is 35.1 Å². The van der Waals surface area contributed by atoms with Crippen LogP contribution in [0.2, 0.25) is 0 Å². The van der Waals surface area contributed by atoms with Crippen LogP contribution < -0.4 is 5.56 Å². The maximum atomic E-state index is 11.8. The van der Waals surface area contributed by atoms with E-state index in [0.29, 0.717) is 11.7 Å². The Morgan fingerprint density at radius 1 is 1.24 bits per heavy atom. The first kappa shape index (κ1) is 14.0. The molecule has 1 aromatic heterocycles. The van der Waals surface area contributed by atoms with Crippen LogP contribution in [0.25, 0.3) is 11.4 Å². The molecule has 1 aliphatic rings. The Balaban J connectivity index is 1.89. The van der Waals surface area contributed by atoms with E-state index in [9.17, 15) is 4.79 Å². The molecular formula is C17H21N3O. The minimum Gasteiger partial charge on any atom is -0.307 e. The Kier molecular flexibility index (Phi) is 3.88. The molecule has 2 aromatic rings. The van der Waals surface area contributed by atoms with Gasteiger partial charge in [-0.2, -0.15) is 0 Å². The summed E-state index contributed by atoms with van der Waals surface area (Å²) in [6, 6.07) is 9.88. The Morgan fingerprint density at radius 2 is 1.95 bits per heavy atom. The Morgan fingerprint density at radius 3 is 2.52 bits per heavy atom. The zero-order valence-corrected chi connectivity index (χ0v) is 12.6. The topological polar surface area (TPSA) is 49.0 Å². The molecule has 110 valence electrons. The van der Waals surface area contributed by atoms with Crippen molar-refractivity contribution in [2.45, 2.75) is 31.7 Å². The number of rotatable bonds is 4. The fourth-order valence-corrected chi connectivity index (χ4v) is 2.66. The molecule has 1 heterocycles. The summed E-state index contributed by atoms with van der Waals surface area (Å²) in [7, 11) is 4.10. The highest BCUT2D eigenvalue weighted by Gasteiger charge is 2.21. The van der Waals surface area contributed by atoms with E-state index >= 15 is 0 Å². The maximum Gasteiger partial charge on any atom is 0.251 e. The average molecular weight is 283 g/mol. The number of aromatic amines is 1. The average Bonchev–Trinajstić information content (AvgIpc) is 2.36. The fraction of sp³-hybridized carbons (Fsp3) is 0.412. The largest absolute Gasteiger partial charge is 0.307 e. The highest BCUT2D eigenvalue weighted by molar-refractivity contribution is 5.55. The highest BCUT2D eigenvalue weighted by atomic mass is 16.1. The molecule has 0 spiro atoms. The van der Waals surface area contributed by atoms with Crippen LogP contribution in [0.4, 0.5) is 0 Å². The molecule has 0 aliphatic heterocycles. The van der Waals surface area contributed by atoms with Crippen LogP contribution in [0.3, 0.4) is 0 Å². The van der Waals surface area contributed by atoms with E-state index in [1.165, 1.54) is 12.0 Å². The van der Waals surface area contributed by atoms with E-state index < -0.39 is 0 Å². The van der Waals surface area contributed by atoms with Gasteiger partial charge >= 0.3 is 0 Å². The second-order valence-electron chi connectivity index (χ2n) is 6.08. The molecule has 0 saturated heterocycles. The lowest BCUT2D eigenvalue weighted by molar-refractivity contribution is 0.402. The van der Waals surface area contributed by atoms with E-state index in [-0.39, 0.29) is 5.56 Å². The smallest absolute Gasteiger partial charge is 0.251 e. The third-order valence-corrected chi connectivity index (χ3v) is 4.01. The SMILES string of the molecule is CN(C)Cc1ccc(-c2nc(C3CCC3)cc(=O)[nH]2)cc1. The number of hydrogen-bond donors (Lipinski definition) is 1. The van der Waals surface area contributed by atoms with Crippen LogP contribution in [-0.4, -0.2) is 29.0 Å². The fourth-order valence-electron chi connectivity index (χ4n) is 2.66. The van der Waals surface area contributed by atoms with Crippen LogP contribution >= 0.6 is 0 Å². The molecule has 0 unspecified atom stereocenters. The molecule has 3 rings (SSSR count). The van der Waals surface area contributed by atoms with Gasteiger partial charge < -0.3 is 9.88 Å². The first-order chi connectivity index (χ1) is 10.1. The van der Waals surface area contributed by atoms with Gasteiger partial charge in [-0.25, -0.2) is 4.98 Å². The molecule has 0 radical (unpaired) electrons. The summed E-state index contributed by atoms with van der Waals surface area (Å²) < 4.78 is 0. The number of hydrogen-bond acceptors (Lipinski definition) is 3. The summed E-state index contributed by atoms with van der Waals surface area (Å²) in [5.74, 6) is 1.15. The van der Waals surface area contributed by atoms with Gasteiger partial charge in [0.05, 0.1) is 5.69 Å². The summed E-state index contributed by atoms with van der Waals surface area (Å²) in [5, 5.41) is 0. The Hall–Kier alpha value is -1.94. The van der Waals surface area contributed by atoms with Gasteiger partial charge in [0.2, 0.25) is 0 Å². The summed E-state index contributed by atoms with van der Waals surface area (Å²) in [6.07, 6.45) is 3.54. The lowest BCUT2D eigenvalue weighted by atomic mass is 9.83. The van der Waals surface area contributed by atoms with Crippen LogP contribution in [0.5, 0.6) is 0 Å². The number of benzene rings is 1. The van der Waals surface area contributed by atoms with Crippen molar-refractivity contribution in [3.8, 4) is 11.4 Å². The predicted octanol–water partition coefficient (Wildman–Crippen LogP) is 2.77. The van der Waals surface area contributed by atoms with Gasteiger partial charge in [-0.3, -0.25) is 4.79 Å². The van der Waals surface area contributed by atoms with Crippen molar-refractivity contribution in [3.63, 3.8) is 0 Å². The van der Waals surface area contributed by atoms with Gasteiger partial charge in [-0.15, -0.1) is 0 Å². The quantitative estimate of drug-likeness (QED) is 0.938. The van der Waals surface area contributed by atoms with E-state index in [0.717, 1.165) is 30.6 Å². The van der Waals surface area contributed by atoms with Crippen LogP contribution in [0, 0.1) is 0 Å². The molecule has 4 heteroatoms. The Bertz CT molecular complexity index is 669. The van der Waals surface area contributed by atoms with Crippen molar-refractivity contribution < 1.29 is 0 Å². The van der Waals surface area contributed by atoms with E-state index in [4.69, 9.17) is 0 Å². The van der Waals surface area contributed by atoms with Crippen LogP contribution in [-0.2, 0) is 6.54 Å². The molecule has 1 aromatic carbocycles. The summed E-state index contributed by atoms with van der Waals surface area (Å²) in [6.45, 7) is 0.909. The molecule has 0 amide bonds. The number of H-pyrrole nitrogens is 1. The molecule has 4 nitrogen and oxygen atoms in total. The first-order valence-corrected chi connectivity index (χ1v) is 7.47. The normalized spacial score (nSPS) is 15.2. The first-order valence-electron chi connectivity index (χ1n) is 7.47. The van der Waals surface area contributed by atoms with E-state index in [1.54, 1.807) is 6.07 Å². The number of nitrogens with zero attached hydrogens (tertiary/aromatic N) is 2. The van der Waals surface area contributed by atoms with Gasteiger partial charge in [-0.1, -0.05) is 30.7 Å². The molecule has 21 heavy (non-hydrogen) atoms. The monoisotopic (exact) mass is 283 g/mol. The molecule has 1 N–H and O–H groups in total. The third kappa shape index (κ3) is 3.22. The van der Waals surface area contributed by atoms with Gasteiger partial charge in [0, 0.05) is 24.1 Å². The highest BCUT2D eigenvalue weighted by Crippen LogP contribution is 2.35. The molecule has 0 bridgehead atoms. The van der Waals surface area contributed by atoms with Crippen molar-refractivity contribution in [2.24, 2.45) is 0 Å². The minimum atomic E-state index is -0.0562. The number of nitrogens with one attached hydrogen (secondary N) is 1. The van der Waals surface area contributed by atoms with Crippen molar-refractivity contribution in [1.82, 2.24) is 14.9 Å². The van der Waals surface area contributed by atoms with Crippen molar-refractivity contribution in [2.75, 3.05) is 14.1 Å². The Labute approximate surface area is 124 Å². The molecular weight excluding hydrogens is 262 g/mol. The molecule has 1 fully saturated rings. The van der Waals surface area contributed by atoms with Gasteiger partial charge in [0.15, 0.2) is 0 Å². The summed E-state index contributed by atoms with van der Waals surface area (Å²) in [5.41, 5.74) is 3.11. The van der Waals surface area contributed by atoms with Crippen LogP contribution in [0.1, 0.15) is 36.4 Å². The zero-order chi connectivity index (χ0) is 14.8. The van der Waals surface area contributed by atoms with Crippen molar-refractivity contribution >= 4 is 0 Å². The van der Waals surface area contributed by atoms with Gasteiger partial charge in [0.25, 0.3) is 5.56 Å². The second kappa shape index (κ2) is 5.82. The van der Waals surface area contributed by atoms with Gasteiger partial charge in [0.1, 0.15) is 5.82 Å². The minimum absolute atomic E-state index is 0.0562. The zero-order valence-electron chi connectivity index (χ0n) is 12.6. The summed E-state index contributed by atoms with van der Waals surface area (Å²) in [4.78, 5) is 21.5. The third-order valence-electron chi connectivity index (χ3n) is 4.01. The second-order valence-corrected chi connectivity index (χ2v) is 6.08. The standard InChI is InChI=1S/C17H21N3O/c1-20(2)11-12-6-8-14(9-7-12)17-18-15(10-16(21)19-17)13-4-3-5-13/h6-10,13H,3-5,11H2,1-2H3,(H,18,19,21).